The zero-order chi connectivity index (χ0) is 23.8. The number of alkyl halides is 3. The Labute approximate surface area is 197 Å². The number of hydrogen-bond acceptors (Lipinski definition) is 5. The quantitative estimate of drug-likeness (QED) is 0.701. The molecule has 9 heteroatoms. The first-order valence-electron chi connectivity index (χ1n) is 12.4. The Morgan fingerprint density at radius 2 is 1.76 bits per heavy atom. The summed E-state index contributed by atoms with van der Waals surface area (Å²) in [4.78, 5) is 6.54. The van der Waals surface area contributed by atoms with E-state index in [-0.39, 0.29) is 6.04 Å². The molecule has 0 spiro atoms. The van der Waals surface area contributed by atoms with Crippen LogP contribution in [0.15, 0.2) is 18.3 Å². The number of hydrogen-bond donors (Lipinski definition) is 1. The molecule has 2 saturated heterocycles. The second-order valence-corrected chi connectivity index (χ2v) is 11.1. The number of pyridine rings is 1. The minimum absolute atomic E-state index is 0.125. The average molecular weight is 476 g/mol. The van der Waals surface area contributed by atoms with Gasteiger partial charge in [-0.05, 0) is 57.1 Å². The van der Waals surface area contributed by atoms with Crippen LogP contribution in [0.2, 0.25) is 0 Å². The number of halogens is 3. The summed E-state index contributed by atoms with van der Waals surface area (Å²) in [5, 5.41) is 4.74. The Balaban J connectivity index is 1.25. The van der Waals surface area contributed by atoms with Crippen molar-refractivity contribution >= 4 is 5.82 Å². The molecular weight excluding hydrogens is 443 g/mol. The minimum Gasteiger partial charge on any atom is -0.383 e. The summed E-state index contributed by atoms with van der Waals surface area (Å²) in [7, 11) is 0. The van der Waals surface area contributed by atoms with Crippen LogP contribution >= 0.6 is 0 Å². The lowest BCUT2D eigenvalue weighted by atomic mass is 9.83. The van der Waals surface area contributed by atoms with Gasteiger partial charge >= 0.3 is 6.18 Å². The van der Waals surface area contributed by atoms with Crippen molar-refractivity contribution in [3.63, 3.8) is 0 Å². The van der Waals surface area contributed by atoms with Gasteiger partial charge in [0, 0.05) is 60.4 Å². The third-order valence-corrected chi connectivity index (χ3v) is 8.71. The molecule has 2 aliphatic heterocycles. The highest BCUT2D eigenvalue weighted by Crippen LogP contribution is 2.55. The Morgan fingerprint density at radius 1 is 1.03 bits per heavy atom. The first kappa shape index (κ1) is 22.3. The van der Waals surface area contributed by atoms with Gasteiger partial charge < -0.3 is 10.5 Å². The molecule has 0 aromatic carbocycles. The highest BCUT2D eigenvalue weighted by molar-refractivity contribution is 5.63. The molecule has 2 aromatic heterocycles. The van der Waals surface area contributed by atoms with E-state index >= 15 is 0 Å². The summed E-state index contributed by atoms with van der Waals surface area (Å²) in [5.74, 6) is 2.59. The van der Waals surface area contributed by atoms with Crippen molar-refractivity contribution in [2.75, 3.05) is 32.0 Å². The van der Waals surface area contributed by atoms with E-state index in [2.05, 4.69) is 23.7 Å². The molecule has 2 bridgehead atoms. The van der Waals surface area contributed by atoms with E-state index in [9.17, 15) is 13.2 Å². The van der Waals surface area contributed by atoms with Crippen LogP contribution < -0.4 is 5.73 Å². The van der Waals surface area contributed by atoms with Crippen molar-refractivity contribution in [1.29, 1.82) is 0 Å². The maximum absolute atomic E-state index is 13.4. The molecule has 2 saturated carbocycles. The van der Waals surface area contributed by atoms with Crippen LogP contribution in [-0.2, 0) is 10.9 Å². The van der Waals surface area contributed by atoms with E-state index < -0.39 is 17.6 Å². The number of fused-ring (bicyclic) bond motifs is 3. The maximum atomic E-state index is 13.4. The monoisotopic (exact) mass is 475 g/mol. The van der Waals surface area contributed by atoms with Gasteiger partial charge in [0.05, 0.1) is 24.5 Å². The van der Waals surface area contributed by atoms with Crippen LogP contribution in [-0.4, -0.2) is 52.0 Å². The Kier molecular flexibility index (Phi) is 5.22. The van der Waals surface area contributed by atoms with E-state index in [0.29, 0.717) is 46.9 Å². The lowest BCUT2D eigenvalue weighted by Gasteiger charge is -2.35. The average Bonchev–Trinajstić information content (AvgIpc) is 3.57. The Hall–Kier alpha value is -2.13. The highest BCUT2D eigenvalue weighted by Gasteiger charge is 2.51. The van der Waals surface area contributed by atoms with Gasteiger partial charge in [-0.25, -0.2) is 4.98 Å². The van der Waals surface area contributed by atoms with Crippen molar-refractivity contribution in [3.05, 3.63) is 29.6 Å². The first-order valence-corrected chi connectivity index (χ1v) is 12.4. The fraction of sp³-hybridized carbons (Fsp3) is 0.680. The third kappa shape index (κ3) is 3.63. The van der Waals surface area contributed by atoms with Crippen molar-refractivity contribution in [3.8, 4) is 11.3 Å². The van der Waals surface area contributed by atoms with Crippen molar-refractivity contribution in [2.24, 2.45) is 23.7 Å². The Bertz CT molecular complexity index is 1070. The fourth-order valence-electron chi connectivity index (χ4n) is 7.13. The third-order valence-electron chi connectivity index (χ3n) is 8.71. The SMILES string of the molecule is CC(C)n1nc(-c2cnc(N)c(C(F)(F)F)c2)cc1C1CC2C[C@H]1CC2N1CC2COCC2C1. The molecule has 6 nitrogen and oxygen atoms in total. The normalized spacial score (nSPS) is 33.4. The van der Waals surface area contributed by atoms with E-state index in [0.717, 1.165) is 31.4 Å². The second-order valence-electron chi connectivity index (χ2n) is 11.1. The molecule has 2 aliphatic carbocycles. The van der Waals surface area contributed by atoms with Crippen molar-refractivity contribution < 1.29 is 17.9 Å². The summed E-state index contributed by atoms with van der Waals surface area (Å²) in [6.07, 6.45) is 0.416. The summed E-state index contributed by atoms with van der Waals surface area (Å²) in [6.45, 7) is 8.31. The van der Waals surface area contributed by atoms with Crippen LogP contribution in [0, 0.1) is 23.7 Å². The zero-order valence-corrected chi connectivity index (χ0v) is 19.6. The van der Waals surface area contributed by atoms with Gasteiger partial charge in [-0.1, -0.05) is 0 Å². The molecule has 34 heavy (non-hydrogen) atoms. The van der Waals surface area contributed by atoms with Gasteiger partial charge in [-0.2, -0.15) is 18.3 Å². The summed E-state index contributed by atoms with van der Waals surface area (Å²) >= 11 is 0. The van der Waals surface area contributed by atoms with Crippen LogP contribution in [0.1, 0.15) is 56.3 Å². The number of ether oxygens (including phenoxy) is 1. The first-order chi connectivity index (χ1) is 16.2. The van der Waals surface area contributed by atoms with E-state index in [1.54, 1.807) is 0 Å². The van der Waals surface area contributed by atoms with Gasteiger partial charge in [0.2, 0.25) is 0 Å². The highest BCUT2D eigenvalue weighted by atomic mass is 19.4. The molecule has 184 valence electrons. The summed E-state index contributed by atoms with van der Waals surface area (Å²) in [5.41, 5.74) is 6.63. The summed E-state index contributed by atoms with van der Waals surface area (Å²) in [6, 6.07) is 3.85. The van der Waals surface area contributed by atoms with E-state index in [4.69, 9.17) is 15.6 Å². The molecule has 2 N–H and O–H groups in total. The largest absolute Gasteiger partial charge is 0.419 e. The molecule has 6 atom stereocenters. The molecular formula is C25H32F3N5O. The number of nitrogen functional groups attached to an aromatic ring is 1. The van der Waals surface area contributed by atoms with E-state index in [1.165, 1.54) is 32.1 Å². The number of nitrogens with two attached hydrogens (primary N) is 1. The van der Waals surface area contributed by atoms with Crippen molar-refractivity contribution in [2.45, 2.75) is 57.3 Å². The molecule has 0 radical (unpaired) electrons. The zero-order valence-electron chi connectivity index (χ0n) is 19.6. The fourth-order valence-corrected chi connectivity index (χ4v) is 7.13. The van der Waals surface area contributed by atoms with Crippen LogP contribution in [0.4, 0.5) is 19.0 Å². The Morgan fingerprint density at radius 3 is 2.38 bits per heavy atom. The predicted octanol–water partition coefficient (Wildman–Crippen LogP) is 4.59. The number of aromatic nitrogens is 3. The van der Waals surface area contributed by atoms with Crippen LogP contribution in [0.3, 0.4) is 0 Å². The number of anilines is 1. The molecule has 5 unspecified atom stereocenters. The van der Waals surface area contributed by atoms with Gasteiger partial charge in [0.25, 0.3) is 0 Å². The maximum Gasteiger partial charge on any atom is 0.419 e. The topological polar surface area (TPSA) is 69.2 Å². The molecule has 0 amide bonds. The van der Waals surface area contributed by atoms with Gasteiger partial charge in [-0.3, -0.25) is 9.58 Å². The lowest BCUT2D eigenvalue weighted by molar-refractivity contribution is -0.137. The second kappa shape index (κ2) is 7.95. The molecule has 4 aliphatic rings. The standard InChI is InChI=1S/C25H32F3N5O/c1-13(2)33-23(7-21(31-33)16-5-20(25(26,27)28)24(29)30-8-16)19-4-15-3-14(19)6-22(15)32-9-17-11-34-12-18(17)10-32/h5,7-8,13-15,17-19,22H,3-4,6,9-12H2,1-2H3,(H2,29,30)/t14-,15?,17?,18?,19?,22?/m0/s1. The summed E-state index contributed by atoms with van der Waals surface area (Å²) < 4.78 is 47.8. The van der Waals surface area contributed by atoms with Crippen LogP contribution in [0.25, 0.3) is 11.3 Å². The molecule has 6 rings (SSSR count). The smallest absolute Gasteiger partial charge is 0.383 e. The van der Waals surface area contributed by atoms with Gasteiger partial charge in [0.15, 0.2) is 0 Å². The van der Waals surface area contributed by atoms with Gasteiger partial charge in [0.1, 0.15) is 5.82 Å². The number of nitrogens with zero attached hydrogens (tertiary/aromatic N) is 4. The number of rotatable bonds is 4. The molecule has 4 heterocycles. The van der Waals surface area contributed by atoms with Crippen LogP contribution in [0.5, 0.6) is 0 Å². The minimum atomic E-state index is -4.55. The molecule has 4 fully saturated rings. The van der Waals surface area contributed by atoms with E-state index in [1.807, 2.05) is 10.7 Å². The number of likely N-dealkylation sites (tertiary alicyclic amines) is 1. The van der Waals surface area contributed by atoms with Crippen molar-refractivity contribution in [1.82, 2.24) is 19.7 Å². The molecule has 2 aromatic rings. The van der Waals surface area contributed by atoms with Gasteiger partial charge in [-0.15, -0.1) is 0 Å². The predicted molar refractivity (Wildman–Crippen MR) is 122 cm³/mol. The lowest BCUT2D eigenvalue weighted by Crippen LogP contribution is -2.39.